The number of rotatable bonds is 6. The molecule has 1 aromatic carbocycles. The lowest BCUT2D eigenvalue weighted by Crippen LogP contribution is -2.63. The highest BCUT2D eigenvalue weighted by atomic mass is 79.9. The number of alkyl halides is 3. The molecule has 1 amide bonds. The third-order valence-corrected chi connectivity index (χ3v) is 5.64. The smallest absolute Gasteiger partial charge is 0.373 e. The van der Waals surface area contributed by atoms with Gasteiger partial charge in [0.2, 0.25) is 5.91 Å². The third-order valence-electron chi connectivity index (χ3n) is 5.11. The summed E-state index contributed by atoms with van der Waals surface area (Å²) in [4.78, 5) is 26.8. The molecule has 3 atom stereocenters. The molecule has 5 nitrogen and oxygen atoms in total. The van der Waals surface area contributed by atoms with Gasteiger partial charge in [-0.3, -0.25) is 9.59 Å². The predicted octanol–water partition coefficient (Wildman–Crippen LogP) is 4.25. The van der Waals surface area contributed by atoms with Gasteiger partial charge < -0.3 is 15.4 Å². The number of hydrogen-bond acceptors (Lipinski definition) is 4. The Kier molecular flexibility index (Phi) is 7.74. The number of amides is 1. The summed E-state index contributed by atoms with van der Waals surface area (Å²) in [6.07, 6.45) is -4.60. The van der Waals surface area contributed by atoms with E-state index in [1.54, 1.807) is 13.8 Å². The van der Waals surface area contributed by atoms with Gasteiger partial charge in [0.15, 0.2) is 11.8 Å². The minimum absolute atomic E-state index is 0.00113. The fourth-order valence-corrected chi connectivity index (χ4v) is 4.16. The molecule has 1 aliphatic rings. The Morgan fingerprint density at radius 3 is 2.33 bits per heavy atom. The number of carbonyl (C=O) groups excluding carboxylic acids is 2. The normalized spacial score (nSPS) is 21.4. The Morgan fingerprint density at radius 1 is 1.30 bits per heavy atom. The summed E-state index contributed by atoms with van der Waals surface area (Å²) >= 11 is 3.21. The number of nitrogens with zero attached hydrogens (tertiary/aromatic N) is 1. The zero-order chi connectivity index (χ0) is 22.9. The summed E-state index contributed by atoms with van der Waals surface area (Å²) in [5.74, 6) is -1.45. The Bertz CT molecular complexity index is 766. The van der Waals surface area contributed by atoms with Gasteiger partial charge in [0.05, 0.1) is 12.6 Å². The first-order chi connectivity index (χ1) is 13.8. The quantitative estimate of drug-likeness (QED) is 0.644. The van der Waals surface area contributed by atoms with Crippen molar-refractivity contribution in [3.8, 4) is 0 Å². The number of benzene rings is 1. The molecule has 9 heteroatoms. The number of nitrogens with two attached hydrogens (primary N) is 1. The molecule has 1 unspecified atom stereocenters. The molecule has 2 rings (SSSR count). The maximum absolute atomic E-state index is 14.4. The van der Waals surface area contributed by atoms with Gasteiger partial charge in [-0.25, -0.2) is 0 Å². The molecule has 0 aromatic heterocycles. The zero-order valence-electron chi connectivity index (χ0n) is 17.5. The van der Waals surface area contributed by atoms with Crippen molar-refractivity contribution in [2.75, 3.05) is 13.2 Å². The van der Waals surface area contributed by atoms with E-state index in [2.05, 4.69) is 15.9 Å². The van der Waals surface area contributed by atoms with Crippen LogP contribution in [0.3, 0.4) is 0 Å². The summed E-state index contributed by atoms with van der Waals surface area (Å²) in [6.45, 7) is 6.61. The second-order valence-corrected chi connectivity index (χ2v) is 9.74. The van der Waals surface area contributed by atoms with Gasteiger partial charge in [0.25, 0.3) is 0 Å². The van der Waals surface area contributed by atoms with Crippen molar-refractivity contribution >= 4 is 27.6 Å². The molecule has 0 bridgehead atoms. The van der Waals surface area contributed by atoms with Gasteiger partial charge in [0, 0.05) is 9.89 Å². The van der Waals surface area contributed by atoms with E-state index in [1.165, 1.54) is 24.3 Å². The predicted molar refractivity (Wildman–Crippen MR) is 111 cm³/mol. The van der Waals surface area contributed by atoms with Crippen LogP contribution in [0.1, 0.15) is 45.7 Å². The summed E-state index contributed by atoms with van der Waals surface area (Å²) in [5, 5.41) is 0. The van der Waals surface area contributed by atoms with Crippen LogP contribution in [-0.4, -0.2) is 48.1 Å². The number of carbonyl (C=O) groups is 2. The highest BCUT2D eigenvalue weighted by molar-refractivity contribution is 9.10. The molecule has 0 saturated carbocycles. The number of hydrogen-bond donors (Lipinski definition) is 1. The molecule has 1 heterocycles. The van der Waals surface area contributed by atoms with Gasteiger partial charge in [-0.15, -0.1) is 0 Å². The van der Waals surface area contributed by atoms with Crippen molar-refractivity contribution in [2.45, 2.75) is 58.4 Å². The van der Waals surface area contributed by atoms with Crippen molar-refractivity contribution in [3.05, 3.63) is 34.3 Å². The maximum Gasteiger partial charge on any atom is 0.413 e. The van der Waals surface area contributed by atoms with Gasteiger partial charge in [-0.05, 0) is 30.0 Å². The van der Waals surface area contributed by atoms with E-state index in [0.717, 1.165) is 0 Å². The Hall–Kier alpha value is -1.45. The van der Waals surface area contributed by atoms with E-state index in [9.17, 15) is 22.8 Å². The number of Topliss-reactive ketones (excluding diaryl/α,β-unsaturated/α-hetero) is 1. The first kappa shape index (κ1) is 24.8. The summed E-state index contributed by atoms with van der Waals surface area (Å²) in [5.41, 5.74) is 4.89. The minimum atomic E-state index is -4.81. The minimum Gasteiger partial charge on any atom is -0.373 e. The summed E-state index contributed by atoms with van der Waals surface area (Å²) in [6, 6.07) is 0.774. The maximum atomic E-state index is 14.4. The molecule has 1 aromatic rings. The lowest BCUT2D eigenvalue weighted by atomic mass is 9.78. The molecule has 0 aliphatic carbocycles. The van der Waals surface area contributed by atoms with Crippen molar-refractivity contribution in [1.29, 1.82) is 0 Å². The second kappa shape index (κ2) is 9.36. The van der Waals surface area contributed by atoms with Crippen LogP contribution >= 0.6 is 15.9 Å². The average molecular weight is 493 g/mol. The molecule has 1 saturated heterocycles. The molecule has 1 aliphatic heterocycles. The van der Waals surface area contributed by atoms with Crippen molar-refractivity contribution in [2.24, 2.45) is 17.1 Å². The zero-order valence-corrected chi connectivity index (χ0v) is 19.1. The van der Waals surface area contributed by atoms with Crippen LogP contribution in [0.2, 0.25) is 0 Å². The standard InChI is InChI=1S/C21H28BrF3N2O3/c1-12(2)9-15(26)19(29)27(18-16(28)10-30-11-20(18,3)4)17(21(23,24)25)13-5-7-14(22)8-6-13/h5-8,12,15,17-18H,9-11,26H2,1-4H3/t15-,17-,18?/m0/s1. The molecular weight excluding hydrogens is 465 g/mol. The molecule has 0 radical (unpaired) electrons. The van der Waals surface area contributed by atoms with Crippen LogP contribution in [-0.2, 0) is 14.3 Å². The Labute approximate surface area is 183 Å². The second-order valence-electron chi connectivity index (χ2n) is 8.83. The number of ketones is 1. The molecule has 168 valence electrons. The van der Waals surface area contributed by atoms with Gasteiger partial charge >= 0.3 is 6.18 Å². The highest BCUT2D eigenvalue weighted by Crippen LogP contribution is 2.43. The van der Waals surface area contributed by atoms with Crippen LogP contribution in [0.25, 0.3) is 0 Å². The van der Waals surface area contributed by atoms with Gasteiger partial charge in [-0.2, -0.15) is 13.2 Å². The fraction of sp³-hybridized carbons (Fsp3) is 0.619. The lowest BCUT2D eigenvalue weighted by Gasteiger charge is -2.47. The Balaban J connectivity index is 2.66. The first-order valence-electron chi connectivity index (χ1n) is 9.76. The van der Waals surface area contributed by atoms with Crippen LogP contribution in [0.15, 0.2) is 28.7 Å². The summed E-state index contributed by atoms with van der Waals surface area (Å²) < 4.78 is 49.0. The third kappa shape index (κ3) is 5.62. The number of ether oxygens (including phenoxy) is 1. The largest absolute Gasteiger partial charge is 0.413 e. The van der Waals surface area contributed by atoms with Crippen LogP contribution in [0.5, 0.6) is 0 Å². The van der Waals surface area contributed by atoms with E-state index < -0.39 is 41.4 Å². The van der Waals surface area contributed by atoms with Gasteiger partial charge in [0.1, 0.15) is 12.6 Å². The van der Waals surface area contributed by atoms with Crippen LogP contribution < -0.4 is 5.73 Å². The first-order valence-corrected chi connectivity index (χ1v) is 10.6. The molecule has 0 spiro atoms. The lowest BCUT2D eigenvalue weighted by molar-refractivity contribution is -0.208. The highest BCUT2D eigenvalue weighted by Gasteiger charge is 2.55. The molecular formula is C21H28BrF3N2O3. The van der Waals surface area contributed by atoms with Crippen LogP contribution in [0.4, 0.5) is 13.2 Å². The SMILES string of the molecule is CC(C)C[C@H](N)C(=O)N(C1C(=O)COCC1(C)C)[C@@H](c1ccc(Br)cc1)C(F)(F)F. The molecule has 2 N–H and O–H groups in total. The van der Waals surface area contributed by atoms with E-state index >= 15 is 0 Å². The van der Waals surface area contributed by atoms with E-state index in [-0.39, 0.29) is 31.1 Å². The van der Waals surface area contributed by atoms with Crippen molar-refractivity contribution in [1.82, 2.24) is 4.90 Å². The van der Waals surface area contributed by atoms with E-state index in [0.29, 0.717) is 9.37 Å². The van der Waals surface area contributed by atoms with Crippen molar-refractivity contribution in [3.63, 3.8) is 0 Å². The molecule has 30 heavy (non-hydrogen) atoms. The number of halogens is 4. The summed E-state index contributed by atoms with van der Waals surface area (Å²) in [7, 11) is 0. The Morgan fingerprint density at radius 2 is 1.87 bits per heavy atom. The van der Waals surface area contributed by atoms with Gasteiger partial charge in [-0.1, -0.05) is 55.8 Å². The molecule has 1 fully saturated rings. The topological polar surface area (TPSA) is 72.6 Å². The fourth-order valence-electron chi connectivity index (χ4n) is 3.90. The van der Waals surface area contributed by atoms with Crippen LogP contribution in [0, 0.1) is 11.3 Å². The van der Waals surface area contributed by atoms with Crippen molar-refractivity contribution < 1.29 is 27.5 Å². The monoisotopic (exact) mass is 492 g/mol. The average Bonchev–Trinajstić information content (AvgIpc) is 2.59. The van der Waals surface area contributed by atoms with E-state index in [1.807, 2.05) is 13.8 Å². The van der Waals surface area contributed by atoms with E-state index in [4.69, 9.17) is 10.5 Å².